The van der Waals surface area contributed by atoms with Crippen molar-refractivity contribution in [2.75, 3.05) is 23.4 Å². The molecular formula is C41H40N2O5. The van der Waals surface area contributed by atoms with Gasteiger partial charge in [-0.3, -0.25) is 14.5 Å². The number of hydrogen-bond acceptors (Lipinski definition) is 6. The van der Waals surface area contributed by atoms with Crippen molar-refractivity contribution < 1.29 is 24.2 Å². The Labute approximate surface area is 281 Å². The average Bonchev–Trinajstić information content (AvgIpc) is 3.65. The van der Waals surface area contributed by atoms with Gasteiger partial charge in [-0.15, -0.1) is 0 Å². The van der Waals surface area contributed by atoms with Gasteiger partial charge in [0.1, 0.15) is 18.1 Å². The zero-order chi connectivity index (χ0) is 33.0. The summed E-state index contributed by atoms with van der Waals surface area (Å²) in [5.41, 5.74) is 6.97. The number of allylic oxidation sites excluding steroid dienone is 1. The van der Waals surface area contributed by atoms with Gasteiger partial charge in [0.25, 0.3) is 0 Å². The Hall–Kier alpha value is -5.14. The van der Waals surface area contributed by atoms with E-state index in [-0.39, 0.29) is 29.6 Å². The van der Waals surface area contributed by atoms with Crippen LogP contribution in [0, 0.1) is 17.8 Å². The summed E-state index contributed by atoms with van der Waals surface area (Å²) in [6.07, 6.45) is 5.00. The molecule has 4 aromatic carbocycles. The predicted octanol–water partition coefficient (Wildman–Crippen LogP) is 8.31. The topological polar surface area (TPSA) is 88.1 Å². The number of amides is 2. The van der Waals surface area contributed by atoms with Gasteiger partial charge in [-0.2, -0.15) is 0 Å². The third-order valence-electron chi connectivity index (χ3n) is 9.80. The van der Waals surface area contributed by atoms with Gasteiger partial charge in [-0.1, -0.05) is 67.1 Å². The van der Waals surface area contributed by atoms with E-state index in [4.69, 9.17) is 9.47 Å². The first-order chi connectivity index (χ1) is 23.5. The van der Waals surface area contributed by atoms with Crippen molar-refractivity contribution in [3.8, 4) is 11.5 Å². The lowest BCUT2D eigenvalue weighted by atomic mass is 9.69. The molecule has 0 unspecified atom stereocenters. The highest BCUT2D eigenvalue weighted by Gasteiger charge is 2.57. The minimum atomic E-state index is -0.460. The Morgan fingerprint density at radius 3 is 2.27 bits per heavy atom. The molecule has 7 rings (SSSR count). The molecule has 0 bridgehead atoms. The van der Waals surface area contributed by atoms with E-state index >= 15 is 0 Å². The third kappa shape index (κ3) is 6.51. The van der Waals surface area contributed by atoms with Crippen molar-refractivity contribution in [2.24, 2.45) is 17.8 Å². The monoisotopic (exact) mass is 640 g/mol. The number of imide groups is 1. The van der Waals surface area contributed by atoms with E-state index in [1.165, 1.54) is 10.5 Å². The first kappa shape index (κ1) is 31.5. The summed E-state index contributed by atoms with van der Waals surface area (Å²) in [5.74, 6) is -0.370. The minimum Gasteiger partial charge on any atom is -0.508 e. The number of benzene rings is 4. The van der Waals surface area contributed by atoms with Gasteiger partial charge in [-0.05, 0) is 103 Å². The molecule has 2 saturated heterocycles. The van der Waals surface area contributed by atoms with Crippen molar-refractivity contribution >= 4 is 35.0 Å². The van der Waals surface area contributed by atoms with Crippen LogP contribution in [0.3, 0.4) is 0 Å². The van der Waals surface area contributed by atoms with Gasteiger partial charge in [0.2, 0.25) is 11.8 Å². The number of phenolic OH excluding ortho intramolecular Hbond substituents is 1. The Balaban J connectivity index is 1.13. The summed E-state index contributed by atoms with van der Waals surface area (Å²) in [6.45, 7) is 2.91. The van der Waals surface area contributed by atoms with E-state index in [0.29, 0.717) is 25.3 Å². The minimum absolute atomic E-state index is 0.148. The lowest BCUT2D eigenvalue weighted by molar-refractivity contribution is -0.122. The summed E-state index contributed by atoms with van der Waals surface area (Å²) in [5, 5.41) is 13.0. The van der Waals surface area contributed by atoms with Crippen molar-refractivity contribution in [2.45, 2.75) is 38.7 Å². The molecular weight excluding hydrogens is 600 g/mol. The molecule has 48 heavy (non-hydrogen) atoms. The molecule has 1 aliphatic carbocycles. The Kier molecular flexibility index (Phi) is 9.12. The molecule has 4 atom stereocenters. The molecule has 2 fully saturated rings. The molecule has 3 aliphatic rings. The normalized spacial score (nSPS) is 22.1. The van der Waals surface area contributed by atoms with Gasteiger partial charge < -0.3 is 19.9 Å². The number of anilines is 3. The molecule has 0 radical (unpaired) electrons. The second-order valence-electron chi connectivity index (χ2n) is 12.8. The maximum Gasteiger partial charge on any atom is 0.238 e. The van der Waals surface area contributed by atoms with Crippen LogP contribution in [0.5, 0.6) is 11.5 Å². The van der Waals surface area contributed by atoms with E-state index in [0.717, 1.165) is 53.1 Å². The largest absolute Gasteiger partial charge is 0.508 e. The summed E-state index contributed by atoms with van der Waals surface area (Å²) in [7, 11) is 0. The Morgan fingerprint density at radius 1 is 0.875 bits per heavy atom. The molecule has 244 valence electrons. The number of fused-ring (bicyclic) bond motifs is 3. The van der Waals surface area contributed by atoms with Crippen LogP contribution >= 0.6 is 0 Å². The number of rotatable bonds is 11. The molecule has 4 aromatic rings. The van der Waals surface area contributed by atoms with E-state index in [1.54, 1.807) is 12.1 Å². The number of nitrogens with one attached hydrogen (secondary N) is 1. The smallest absolute Gasteiger partial charge is 0.238 e. The van der Waals surface area contributed by atoms with E-state index in [2.05, 4.69) is 18.3 Å². The van der Waals surface area contributed by atoms with Gasteiger partial charge in [0.15, 0.2) is 0 Å². The van der Waals surface area contributed by atoms with Crippen LogP contribution in [0.2, 0.25) is 0 Å². The predicted molar refractivity (Wildman–Crippen MR) is 188 cm³/mol. The molecule has 2 heterocycles. The second kappa shape index (κ2) is 13.9. The van der Waals surface area contributed by atoms with Crippen LogP contribution in [-0.4, -0.2) is 36.2 Å². The molecule has 2 amide bonds. The molecule has 7 nitrogen and oxygen atoms in total. The van der Waals surface area contributed by atoms with Crippen molar-refractivity contribution in [1.82, 2.24) is 0 Å². The number of ether oxygens (including phenoxy) is 2. The summed E-state index contributed by atoms with van der Waals surface area (Å²) < 4.78 is 12.7. The number of aromatic hydroxyl groups is 1. The number of carbonyl (C=O) groups excluding carboxylic acids is 2. The van der Waals surface area contributed by atoms with Gasteiger partial charge in [0.05, 0.1) is 30.2 Å². The first-order valence-electron chi connectivity index (χ1n) is 16.8. The molecule has 2 N–H and O–H groups in total. The number of carbonyl (C=O) groups is 2. The zero-order valence-corrected chi connectivity index (χ0v) is 27.0. The molecule has 0 aromatic heterocycles. The molecule has 0 spiro atoms. The maximum absolute atomic E-state index is 14.2. The second-order valence-corrected chi connectivity index (χ2v) is 12.8. The highest BCUT2D eigenvalue weighted by molar-refractivity contribution is 6.22. The van der Waals surface area contributed by atoms with E-state index < -0.39 is 11.8 Å². The highest BCUT2D eigenvalue weighted by Crippen LogP contribution is 2.50. The summed E-state index contributed by atoms with van der Waals surface area (Å²) in [6, 6.07) is 34.3. The molecule has 0 saturated carbocycles. The fraction of sp³-hybridized carbons (Fsp3) is 0.268. The highest BCUT2D eigenvalue weighted by atomic mass is 16.5. The Morgan fingerprint density at radius 2 is 1.56 bits per heavy atom. The molecule has 7 heteroatoms. The van der Waals surface area contributed by atoms with Crippen molar-refractivity contribution in [1.29, 1.82) is 0 Å². The van der Waals surface area contributed by atoms with E-state index in [9.17, 15) is 14.7 Å². The summed E-state index contributed by atoms with van der Waals surface area (Å²) in [4.78, 5) is 29.6. The lowest BCUT2D eigenvalue weighted by Gasteiger charge is -2.31. The van der Waals surface area contributed by atoms with Crippen molar-refractivity contribution in [3.05, 3.63) is 131 Å². The van der Waals surface area contributed by atoms with Crippen LogP contribution < -0.4 is 15.0 Å². The number of hydrogen-bond donors (Lipinski definition) is 2. The molecule has 2 aliphatic heterocycles. The number of para-hydroxylation sites is 2. The number of phenols is 1. The van der Waals surface area contributed by atoms with Crippen molar-refractivity contribution in [3.63, 3.8) is 0 Å². The maximum atomic E-state index is 14.2. The van der Waals surface area contributed by atoms with Crippen LogP contribution in [0.1, 0.15) is 38.2 Å². The fourth-order valence-electron chi connectivity index (χ4n) is 7.40. The van der Waals surface area contributed by atoms with Gasteiger partial charge in [0, 0.05) is 17.3 Å². The first-order valence-corrected chi connectivity index (χ1v) is 16.8. The van der Waals surface area contributed by atoms with Crippen LogP contribution in [0.25, 0.3) is 6.08 Å². The van der Waals surface area contributed by atoms with E-state index in [1.807, 2.05) is 97.1 Å². The van der Waals surface area contributed by atoms with Gasteiger partial charge in [-0.25, -0.2) is 0 Å². The Bertz CT molecular complexity index is 1820. The standard InChI is InChI=1S/C41H40N2O5/c1-2-27(23-28-13-20-33(44)21-14-28)15-22-37-38-29(25-47-34-11-7-4-8-12-34)24-35-39(36(38)26-48-37)41(46)43(40(35)45)32-18-16-31(17-19-32)42-30-9-5-3-6-10-30/h3-14,16-21,23,35-37,39,42,44H,2,15,22,24-26H2,1H3/b27-23+/t35-,36+,37-,39-/m1/s1. The van der Waals surface area contributed by atoms with Crippen LogP contribution in [-0.2, 0) is 14.3 Å². The quantitative estimate of drug-likeness (QED) is 0.127. The summed E-state index contributed by atoms with van der Waals surface area (Å²) >= 11 is 0. The average molecular weight is 641 g/mol. The fourth-order valence-corrected chi connectivity index (χ4v) is 7.40. The van der Waals surface area contributed by atoms with Gasteiger partial charge >= 0.3 is 0 Å². The SMILES string of the molecule is CC/C(=C\c1ccc(O)cc1)CC[C@H]1OC[C@H]2C1=C(COc1ccccc1)C[C@H]1C(=O)N(c3ccc(Nc4ccccc4)cc3)C(=O)[C@H]12. The van der Waals surface area contributed by atoms with Crippen LogP contribution in [0.15, 0.2) is 126 Å². The number of nitrogens with zero attached hydrogens (tertiary/aromatic N) is 1. The third-order valence-corrected chi connectivity index (χ3v) is 9.80. The lowest BCUT2D eigenvalue weighted by Crippen LogP contribution is -2.35. The van der Waals surface area contributed by atoms with Crippen LogP contribution in [0.4, 0.5) is 17.1 Å². The zero-order valence-electron chi connectivity index (χ0n) is 27.0.